The molecule has 0 spiro atoms. The van der Waals surface area contributed by atoms with Crippen LogP contribution in [0.3, 0.4) is 0 Å². The molecule has 4 N–H and O–H groups in total. The molecule has 0 heterocycles. The van der Waals surface area contributed by atoms with Crippen molar-refractivity contribution < 1.29 is 9.90 Å². The third-order valence-electron chi connectivity index (χ3n) is 2.34. The monoisotopic (exact) mass is 237 g/mol. The molecule has 5 nitrogen and oxygen atoms in total. The number of nitrogens with one attached hydrogen (secondary N) is 1. The molecular formula is C12H19N3O2. The summed E-state index contributed by atoms with van der Waals surface area (Å²) in [6.45, 7) is 2.92. The fraction of sp³-hybridized carbons (Fsp3) is 0.417. The van der Waals surface area contributed by atoms with E-state index in [0.29, 0.717) is 5.69 Å². The first-order valence-corrected chi connectivity index (χ1v) is 5.44. The first kappa shape index (κ1) is 13.3. The molecule has 0 aliphatic rings. The zero-order valence-corrected chi connectivity index (χ0v) is 10.4. The lowest BCUT2D eigenvalue weighted by atomic mass is 10.1. The van der Waals surface area contributed by atoms with Gasteiger partial charge >= 0.3 is 5.97 Å². The second kappa shape index (κ2) is 5.54. The van der Waals surface area contributed by atoms with Crippen molar-refractivity contribution in [3.8, 4) is 0 Å². The molecule has 5 heteroatoms. The summed E-state index contributed by atoms with van der Waals surface area (Å²) in [7, 11) is 3.99. The van der Waals surface area contributed by atoms with Crippen LogP contribution in [0.4, 0.5) is 11.4 Å². The minimum absolute atomic E-state index is 0.202. The van der Waals surface area contributed by atoms with Crippen molar-refractivity contribution in [2.45, 2.75) is 13.0 Å². The van der Waals surface area contributed by atoms with Gasteiger partial charge in [-0.15, -0.1) is 0 Å². The van der Waals surface area contributed by atoms with Crippen molar-refractivity contribution in [2.24, 2.45) is 0 Å². The Hall–Kier alpha value is -1.75. The Kier molecular flexibility index (Phi) is 4.34. The number of likely N-dealkylation sites (N-methyl/N-ethyl adjacent to an activating group) is 1. The molecule has 1 rings (SSSR count). The summed E-state index contributed by atoms with van der Waals surface area (Å²) < 4.78 is 0. The molecule has 1 aromatic rings. The van der Waals surface area contributed by atoms with E-state index in [0.717, 1.165) is 12.2 Å². The Bertz CT molecular complexity index is 405. The third kappa shape index (κ3) is 3.96. The first-order valence-electron chi connectivity index (χ1n) is 5.44. The molecule has 0 aliphatic carbocycles. The molecule has 94 valence electrons. The van der Waals surface area contributed by atoms with E-state index in [9.17, 15) is 4.79 Å². The van der Waals surface area contributed by atoms with Gasteiger partial charge in [0.2, 0.25) is 0 Å². The van der Waals surface area contributed by atoms with Gasteiger partial charge in [-0.25, -0.2) is 4.79 Å². The fourth-order valence-electron chi connectivity index (χ4n) is 1.69. The first-order chi connectivity index (χ1) is 7.90. The van der Waals surface area contributed by atoms with E-state index in [4.69, 9.17) is 10.8 Å². The maximum atomic E-state index is 10.7. The number of hydrogen-bond acceptors (Lipinski definition) is 4. The Balaban J connectivity index is 2.75. The van der Waals surface area contributed by atoms with Gasteiger partial charge in [-0.3, -0.25) is 0 Å². The van der Waals surface area contributed by atoms with Gasteiger partial charge in [0.15, 0.2) is 0 Å². The van der Waals surface area contributed by atoms with Crippen LogP contribution in [0.5, 0.6) is 0 Å². The highest BCUT2D eigenvalue weighted by Gasteiger charge is 2.08. The van der Waals surface area contributed by atoms with E-state index in [1.165, 1.54) is 6.07 Å². The van der Waals surface area contributed by atoms with Crippen LogP contribution >= 0.6 is 0 Å². The number of carbonyl (C=O) groups is 1. The van der Waals surface area contributed by atoms with Gasteiger partial charge in [0.05, 0.1) is 16.9 Å². The van der Waals surface area contributed by atoms with Crippen LogP contribution in [0.2, 0.25) is 0 Å². The van der Waals surface area contributed by atoms with Crippen molar-refractivity contribution >= 4 is 17.3 Å². The fourth-order valence-corrected chi connectivity index (χ4v) is 1.69. The molecule has 1 atom stereocenters. The van der Waals surface area contributed by atoms with E-state index >= 15 is 0 Å². The van der Waals surface area contributed by atoms with Gasteiger partial charge in [-0.2, -0.15) is 0 Å². The number of nitrogens with two attached hydrogens (primary N) is 1. The van der Waals surface area contributed by atoms with Crippen molar-refractivity contribution in [3.63, 3.8) is 0 Å². The van der Waals surface area contributed by atoms with Crippen LogP contribution in [0.15, 0.2) is 18.2 Å². The van der Waals surface area contributed by atoms with Crippen molar-refractivity contribution in [1.82, 2.24) is 4.90 Å². The largest absolute Gasteiger partial charge is 0.478 e. The number of nitrogens with zero attached hydrogens (tertiary/aromatic N) is 1. The van der Waals surface area contributed by atoms with Crippen molar-refractivity contribution in [3.05, 3.63) is 23.8 Å². The molecule has 0 amide bonds. The zero-order valence-electron chi connectivity index (χ0n) is 10.4. The maximum Gasteiger partial charge on any atom is 0.335 e. The minimum atomic E-state index is -0.968. The second-order valence-corrected chi connectivity index (χ2v) is 4.41. The van der Waals surface area contributed by atoms with Gasteiger partial charge in [0.1, 0.15) is 0 Å². The van der Waals surface area contributed by atoms with E-state index in [2.05, 4.69) is 10.2 Å². The summed E-state index contributed by atoms with van der Waals surface area (Å²) in [4.78, 5) is 12.8. The van der Waals surface area contributed by atoms with E-state index in [1.54, 1.807) is 12.1 Å². The van der Waals surface area contributed by atoms with Gasteiger partial charge in [0.25, 0.3) is 0 Å². The number of aromatic carboxylic acids is 1. The van der Waals surface area contributed by atoms with Crippen LogP contribution in [0, 0.1) is 0 Å². The van der Waals surface area contributed by atoms with Crippen LogP contribution in [-0.4, -0.2) is 42.7 Å². The predicted octanol–water partition coefficient (Wildman–Crippen LogP) is 1.33. The SMILES string of the molecule is CC(CN(C)C)Nc1ccc(C(=O)O)cc1N. The average Bonchev–Trinajstić information content (AvgIpc) is 2.19. The predicted molar refractivity (Wildman–Crippen MR) is 69.5 cm³/mol. The Morgan fingerprint density at radius 3 is 2.65 bits per heavy atom. The Labute approximate surface area is 101 Å². The summed E-state index contributed by atoms with van der Waals surface area (Å²) in [5.74, 6) is -0.968. The summed E-state index contributed by atoms with van der Waals surface area (Å²) in [5.41, 5.74) is 7.22. The summed E-state index contributed by atoms with van der Waals surface area (Å²) >= 11 is 0. The van der Waals surface area contributed by atoms with Gasteiger partial charge in [0, 0.05) is 12.6 Å². The third-order valence-corrected chi connectivity index (χ3v) is 2.34. The van der Waals surface area contributed by atoms with Crippen LogP contribution in [0.1, 0.15) is 17.3 Å². The highest BCUT2D eigenvalue weighted by atomic mass is 16.4. The molecule has 0 radical (unpaired) electrons. The van der Waals surface area contributed by atoms with Crippen LogP contribution < -0.4 is 11.1 Å². The molecule has 0 bridgehead atoms. The lowest BCUT2D eigenvalue weighted by Gasteiger charge is -2.20. The Morgan fingerprint density at radius 1 is 1.53 bits per heavy atom. The van der Waals surface area contributed by atoms with E-state index in [-0.39, 0.29) is 11.6 Å². The number of rotatable bonds is 5. The second-order valence-electron chi connectivity index (χ2n) is 4.41. The average molecular weight is 237 g/mol. The number of anilines is 2. The molecular weight excluding hydrogens is 218 g/mol. The molecule has 0 fully saturated rings. The van der Waals surface area contributed by atoms with Gasteiger partial charge < -0.3 is 21.1 Å². The Morgan fingerprint density at radius 2 is 2.18 bits per heavy atom. The smallest absolute Gasteiger partial charge is 0.335 e. The van der Waals surface area contributed by atoms with E-state index in [1.807, 2.05) is 21.0 Å². The molecule has 0 saturated heterocycles. The molecule has 1 unspecified atom stereocenters. The number of hydrogen-bond donors (Lipinski definition) is 3. The minimum Gasteiger partial charge on any atom is -0.478 e. The molecule has 1 aromatic carbocycles. The number of carboxylic acid groups (broad SMARTS) is 1. The standard InChI is InChI=1S/C12H19N3O2/c1-8(7-15(2)3)14-11-5-4-9(12(16)17)6-10(11)13/h4-6,8,14H,7,13H2,1-3H3,(H,16,17). The molecule has 0 saturated carbocycles. The number of benzene rings is 1. The summed E-state index contributed by atoms with van der Waals surface area (Å²) in [6, 6.07) is 4.95. The van der Waals surface area contributed by atoms with Crippen LogP contribution in [0.25, 0.3) is 0 Å². The number of nitrogen functional groups attached to an aromatic ring is 1. The van der Waals surface area contributed by atoms with Crippen LogP contribution in [-0.2, 0) is 0 Å². The van der Waals surface area contributed by atoms with E-state index < -0.39 is 5.97 Å². The summed E-state index contributed by atoms with van der Waals surface area (Å²) in [5, 5.41) is 12.1. The van der Waals surface area contributed by atoms with Gasteiger partial charge in [-0.05, 0) is 39.2 Å². The highest BCUT2D eigenvalue weighted by Crippen LogP contribution is 2.20. The lowest BCUT2D eigenvalue weighted by molar-refractivity contribution is 0.0697. The quantitative estimate of drug-likeness (QED) is 0.673. The molecule has 0 aromatic heterocycles. The van der Waals surface area contributed by atoms with Gasteiger partial charge in [-0.1, -0.05) is 0 Å². The topological polar surface area (TPSA) is 78.6 Å². The summed E-state index contributed by atoms with van der Waals surface area (Å²) in [6.07, 6.45) is 0. The molecule has 0 aliphatic heterocycles. The van der Waals surface area contributed by atoms with Crippen molar-refractivity contribution in [2.75, 3.05) is 31.7 Å². The lowest BCUT2D eigenvalue weighted by Crippen LogP contribution is -2.29. The highest BCUT2D eigenvalue weighted by molar-refractivity contribution is 5.90. The zero-order chi connectivity index (χ0) is 13.0. The number of carboxylic acids is 1. The van der Waals surface area contributed by atoms with Crippen molar-refractivity contribution in [1.29, 1.82) is 0 Å². The normalized spacial score (nSPS) is 12.5. The maximum absolute atomic E-state index is 10.7. The molecule has 17 heavy (non-hydrogen) atoms.